The summed E-state index contributed by atoms with van der Waals surface area (Å²) < 4.78 is 3.93. The Morgan fingerprint density at radius 1 is 1.03 bits per heavy atom. The minimum atomic E-state index is -0.204. The number of hydrogen-bond donors (Lipinski definition) is 1. The highest BCUT2D eigenvalue weighted by Crippen LogP contribution is 2.28. The quantitative estimate of drug-likeness (QED) is 0.386. The molecule has 0 saturated heterocycles. The summed E-state index contributed by atoms with van der Waals surface area (Å²) in [5.74, 6) is 1.22. The Morgan fingerprint density at radius 3 is 2.41 bits per heavy atom. The number of aryl methyl sites for hydroxylation is 2. The van der Waals surface area contributed by atoms with Gasteiger partial charge in [0.2, 0.25) is 5.91 Å². The van der Waals surface area contributed by atoms with Gasteiger partial charge in [-0.1, -0.05) is 59.8 Å². The molecule has 2 aromatic carbocycles. The summed E-state index contributed by atoms with van der Waals surface area (Å²) in [6.07, 6.45) is 0. The SMILES string of the molecule is Cc1ccc(-n2c(C)nnc2SCC(=O)Nc2c(C#N)c(C)c(C)n2Cc2ccccc2)cc1. The number of benzene rings is 2. The number of carbonyl (C=O) groups is 1. The first kappa shape index (κ1) is 23.3. The lowest BCUT2D eigenvalue weighted by Gasteiger charge is -2.13. The van der Waals surface area contributed by atoms with Gasteiger partial charge in [-0.3, -0.25) is 9.36 Å². The highest BCUT2D eigenvalue weighted by Gasteiger charge is 2.21. The van der Waals surface area contributed by atoms with E-state index < -0.39 is 0 Å². The molecule has 0 atom stereocenters. The Bertz CT molecular complexity index is 1360. The standard InChI is InChI=1S/C26H26N6OS/c1-17-10-12-22(13-11-17)32-20(4)29-30-26(32)34-16-24(33)28-25-23(14-27)18(2)19(3)31(25)15-21-8-6-5-7-9-21/h5-13H,15-16H2,1-4H3,(H,28,33). The molecule has 2 heterocycles. The zero-order chi connectivity index (χ0) is 24.2. The van der Waals surface area contributed by atoms with Crippen molar-refractivity contribution in [3.63, 3.8) is 0 Å². The van der Waals surface area contributed by atoms with E-state index in [0.717, 1.165) is 28.3 Å². The van der Waals surface area contributed by atoms with E-state index in [1.54, 1.807) is 0 Å². The minimum absolute atomic E-state index is 0.142. The lowest BCUT2D eigenvalue weighted by molar-refractivity contribution is -0.113. The highest BCUT2D eigenvalue weighted by molar-refractivity contribution is 7.99. The van der Waals surface area contributed by atoms with E-state index in [1.165, 1.54) is 17.3 Å². The number of hydrogen-bond acceptors (Lipinski definition) is 5. The van der Waals surface area contributed by atoms with Crippen LogP contribution in [-0.4, -0.2) is 31.0 Å². The molecule has 2 aromatic heterocycles. The third-order valence-electron chi connectivity index (χ3n) is 5.80. The number of thioether (sulfide) groups is 1. The van der Waals surface area contributed by atoms with Crippen LogP contribution in [0.5, 0.6) is 0 Å². The number of rotatable bonds is 7. The van der Waals surface area contributed by atoms with Gasteiger partial charge >= 0.3 is 0 Å². The maximum Gasteiger partial charge on any atom is 0.235 e. The van der Waals surface area contributed by atoms with Crippen molar-refractivity contribution in [2.45, 2.75) is 39.4 Å². The summed E-state index contributed by atoms with van der Waals surface area (Å²) >= 11 is 1.31. The normalized spacial score (nSPS) is 10.8. The molecule has 0 saturated carbocycles. The van der Waals surface area contributed by atoms with Crippen LogP contribution in [0.25, 0.3) is 5.69 Å². The van der Waals surface area contributed by atoms with E-state index in [0.29, 0.717) is 23.1 Å². The zero-order valence-electron chi connectivity index (χ0n) is 19.7. The maximum absolute atomic E-state index is 13.0. The van der Waals surface area contributed by atoms with Crippen LogP contribution < -0.4 is 5.32 Å². The number of anilines is 1. The fourth-order valence-corrected chi connectivity index (χ4v) is 4.62. The molecule has 0 fully saturated rings. The van der Waals surface area contributed by atoms with Gasteiger partial charge in [0.15, 0.2) is 5.16 Å². The highest BCUT2D eigenvalue weighted by atomic mass is 32.2. The monoisotopic (exact) mass is 470 g/mol. The summed E-state index contributed by atoms with van der Waals surface area (Å²) in [5.41, 5.74) is 5.53. The van der Waals surface area contributed by atoms with Crippen LogP contribution >= 0.6 is 11.8 Å². The van der Waals surface area contributed by atoms with Gasteiger partial charge in [-0.2, -0.15) is 5.26 Å². The first-order valence-corrected chi connectivity index (χ1v) is 11.9. The maximum atomic E-state index is 13.0. The van der Waals surface area contributed by atoms with Gasteiger partial charge in [0, 0.05) is 17.9 Å². The van der Waals surface area contributed by atoms with Crippen molar-refractivity contribution in [2.24, 2.45) is 0 Å². The summed E-state index contributed by atoms with van der Waals surface area (Å²) in [6.45, 7) is 8.37. The molecule has 0 aliphatic heterocycles. The summed E-state index contributed by atoms with van der Waals surface area (Å²) in [7, 11) is 0. The van der Waals surface area contributed by atoms with Crippen LogP contribution in [0.2, 0.25) is 0 Å². The molecule has 8 heteroatoms. The molecule has 0 bridgehead atoms. The molecular formula is C26H26N6OS. The molecule has 172 valence electrons. The molecule has 0 aliphatic carbocycles. The Morgan fingerprint density at radius 2 is 1.74 bits per heavy atom. The second-order valence-corrected chi connectivity index (χ2v) is 9.10. The zero-order valence-corrected chi connectivity index (χ0v) is 20.5. The Labute approximate surface area is 203 Å². The van der Waals surface area contributed by atoms with E-state index in [1.807, 2.05) is 91.4 Å². The van der Waals surface area contributed by atoms with Gasteiger partial charge in [0.1, 0.15) is 17.7 Å². The predicted octanol–water partition coefficient (Wildman–Crippen LogP) is 4.95. The van der Waals surface area contributed by atoms with Gasteiger partial charge in [-0.15, -0.1) is 10.2 Å². The average Bonchev–Trinajstić information content (AvgIpc) is 3.31. The second kappa shape index (κ2) is 9.98. The first-order valence-electron chi connectivity index (χ1n) is 10.9. The Hall–Kier alpha value is -3.83. The molecule has 0 unspecified atom stereocenters. The Kier molecular flexibility index (Phi) is 6.85. The molecule has 0 aliphatic rings. The fourth-order valence-electron chi connectivity index (χ4n) is 3.82. The second-order valence-electron chi connectivity index (χ2n) is 8.16. The molecule has 34 heavy (non-hydrogen) atoms. The van der Waals surface area contributed by atoms with Crippen LogP contribution in [0.1, 0.15) is 33.8 Å². The molecule has 4 rings (SSSR count). The largest absolute Gasteiger partial charge is 0.326 e. The average molecular weight is 471 g/mol. The summed E-state index contributed by atoms with van der Waals surface area (Å²) in [5, 5.41) is 21.8. The van der Waals surface area contributed by atoms with Crippen molar-refractivity contribution in [2.75, 3.05) is 11.1 Å². The van der Waals surface area contributed by atoms with Gasteiger partial charge < -0.3 is 9.88 Å². The smallest absolute Gasteiger partial charge is 0.235 e. The van der Waals surface area contributed by atoms with E-state index in [2.05, 4.69) is 21.6 Å². The van der Waals surface area contributed by atoms with E-state index in [4.69, 9.17) is 0 Å². The molecular weight excluding hydrogens is 444 g/mol. The molecule has 7 nitrogen and oxygen atoms in total. The van der Waals surface area contributed by atoms with Crippen LogP contribution in [0.15, 0.2) is 59.8 Å². The topological polar surface area (TPSA) is 88.5 Å². The third-order valence-corrected chi connectivity index (χ3v) is 6.73. The Balaban J connectivity index is 1.54. The van der Waals surface area contributed by atoms with Crippen LogP contribution in [-0.2, 0) is 11.3 Å². The molecule has 0 spiro atoms. The minimum Gasteiger partial charge on any atom is -0.326 e. The van der Waals surface area contributed by atoms with Crippen molar-refractivity contribution in [3.8, 4) is 11.8 Å². The van der Waals surface area contributed by atoms with Crippen molar-refractivity contribution >= 4 is 23.5 Å². The molecule has 0 radical (unpaired) electrons. The number of amides is 1. The van der Waals surface area contributed by atoms with Crippen LogP contribution in [0.4, 0.5) is 5.82 Å². The number of nitriles is 1. The lowest BCUT2D eigenvalue weighted by Crippen LogP contribution is -2.19. The van der Waals surface area contributed by atoms with Gasteiger partial charge in [-0.25, -0.2) is 0 Å². The van der Waals surface area contributed by atoms with Crippen LogP contribution in [0.3, 0.4) is 0 Å². The van der Waals surface area contributed by atoms with E-state index in [-0.39, 0.29) is 11.7 Å². The molecule has 1 N–H and O–H groups in total. The van der Waals surface area contributed by atoms with Crippen molar-refractivity contribution in [3.05, 3.63) is 88.4 Å². The van der Waals surface area contributed by atoms with E-state index >= 15 is 0 Å². The van der Waals surface area contributed by atoms with E-state index in [9.17, 15) is 10.1 Å². The lowest BCUT2D eigenvalue weighted by atomic mass is 10.2. The first-order chi connectivity index (χ1) is 16.4. The fraction of sp³-hybridized carbons (Fsp3) is 0.231. The molecule has 4 aromatic rings. The summed E-state index contributed by atoms with van der Waals surface area (Å²) in [4.78, 5) is 13.0. The van der Waals surface area contributed by atoms with Crippen molar-refractivity contribution in [1.29, 1.82) is 5.26 Å². The van der Waals surface area contributed by atoms with Crippen molar-refractivity contribution in [1.82, 2.24) is 19.3 Å². The van der Waals surface area contributed by atoms with Gasteiger partial charge in [0.25, 0.3) is 0 Å². The predicted molar refractivity (Wildman–Crippen MR) is 134 cm³/mol. The van der Waals surface area contributed by atoms with Crippen LogP contribution in [0, 0.1) is 39.0 Å². The number of aromatic nitrogens is 4. The third kappa shape index (κ3) is 4.75. The number of nitrogens with one attached hydrogen (secondary N) is 1. The van der Waals surface area contributed by atoms with Gasteiger partial charge in [0.05, 0.1) is 11.3 Å². The number of nitrogens with zero attached hydrogens (tertiary/aromatic N) is 5. The van der Waals surface area contributed by atoms with Gasteiger partial charge in [-0.05, 0) is 51.0 Å². The summed E-state index contributed by atoms with van der Waals surface area (Å²) in [6, 6.07) is 20.3. The number of carbonyl (C=O) groups excluding carboxylic acids is 1. The molecule has 1 amide bonds. The van der Waals surface area contributed by atoms with Crippen molar-refractivity contribution < 1.29 is 4.79 Å².